The van der Waals surface area contributed by atoms with Gasteiger partial charge in [0.1, 0.15) is 16.9 Å². The molecule has 18 heavy (non-hydrogen) atoms. The lowest BCUT2D eigenvalue weighted by molar-refractivity contribution is 0.0483. The van der Waals surface area contributed by atoms with Crippen LogP contribution in [0, 0.1) is 5.92 Å². The molecule has 0 unspecified atom stereocenters. The quantitative estimate of drug-likeness (QED) is 0.904. The molecule has 2 atom stereocenters. The predicted molar refractivity (Wildman–Crippen MR) is 73.7 cm³/mol. The predicted octanol–water partition coefficient (Wildman–Crippen LogP) is 3.00. The Kier molecular flexibility index (Phi) is 5.13. The minimum Gasteiger partial charge on any atom is -0.486 e. The zero-order valence-electron chi connectivity index (χ0n) is 10.3. The van der Waals surface area contributed by atoms with Gasteiger partial charge in [0.25, 0.3) is 0 Å². The van der Waals surface area contributed by atoms with Crippen molar-refractivity contribution < 1.29 is 9.47 Å². The van der Waals surface area contributed by atoms with Crippen molar-refractivity contribution >= 4 is 23.2 Å². The van der Waals surface area contributed by atoms with E-state index in [0.29, 0.717) is 28.3 Å². The average molecular weight is 290 g/mol. The lowest BCUT2D eigenvalue weighted by atomic mass is 10.0. The Labute approximate surface area is 117 Å². The molecule has 1 aromatic rings. The van der Waals surface area contributed by atoms with Gasteiger partial charge in [0.2, 0.25) is 0 Å². The molecule has 5 heteroatoms. The highest BCUT2D eigenvalue weighted by atomic mass is 35.5. The highest BCUT2D eigenvalue weighted by Gasteiger charge is 2.27. The summed E-state index contributed by atoms with van der Waals surface area (Å²) in [6.45, 7) is 2.53. The van der Waals surface area contributed by atoms with E-state index in [-0.39, 0.29) is 6.10 Å². The summed E-state index contributed by atoms with van der Waals surface area (Å²) < 4.78 is 11.2. The fraction of sp³-hybridized carbons (Fsp3) is 0.538. The lowest BCUT2D eigenvalue weighted by Crippen LogP contribution is -2.33. The molecule has 1 fully saturated rings. The maximum absolute atomic E-state index is 6.13. The number of hydrogen-bond donors (Lipinski definition) is 1. The van der Waals surface area contributed by atoms with Gasteiger partial charge < -0.3 is 14.8 Å². The van der Waals surface area contributed by atoms with E-state index >= 15 is 0 Å². The number of nitrogens with one attached hydrogen (secondary N) is 1. The molecular weight excluding hydrogens is 273 g/mol. The summed E-state index contributed by atoms with van der Waals surface area (Å²) in [5, 5.41) is 4.30. The molecule has 1 aliphatic rings. The van der Waals surface area contributed by atoms with Gasteiger partial charge in [-0.2, -0.15) is 0 Å². The van der Waals surface area contributed by atoms with E-state index in [2.05, 4.69) is 5.32 Å². The first-order chi connectivity index (χ1) is 8.72. The number of halogens is 2. The average Bonchev–Trinajstić information content (AvgIpc) is 2.88. The Morgan fingerprint density at radius 1 is 1.44 bits per heavy atom. The Morgan fingerprint density at radius 2 is 2.28 bits per heavy atom. The van der Waals surface area contributed by atoms with Crippen LogP contribution in [0.4, 0.5) is 0 Å². The zero-order chi connectivity index (χ0) is 13.0. The number of ether oxygens (including phenoxy) is 2. The fourth-order valence-electron chi connectivity index (χ4n) is 2.16. The number of methoxy groups -OCH3 is 1. The van der Waals surface area contributed by atoms with Crippen molar-refractivity contribution in [2.75, 3.05) is 26.8 Å². The number of benzene rings is 1. The molecule has 2 rings (SSSR count). The minimum atomic E-state index is 0.000895. The zero-order valence-corrected chi connectivity index (χ0v) is 11.8. The Hall–Kier alpha value is -0.480. The second-order valence-corrected chi connectivity index (χ2v) is 5.20. The Balaban J connectivity index is 2.10. The van der Waals surface area contributed by atoms with Crippen molar-refractivity contribution in [3.05, 3.63) is 28.2 Å². The smallest absolute Gasteiger partial charge is 0.139 e. The molecular formula is C13H17Cl2NO2. The van der Waals surface area contributed by atoms with E-state index in [1.807, 2.05) is 12.1 Å². The van der Waals surface area contributed by atoms with Crippen LogP contribution in [0.2, 0.25) is 10.0 Å². The van der Waals surface area contributed by atoms with Crippen LogP contribution >= 0.6 is 23.2 Å². The summed E-state index contributed by atoms with van der Waals surface area (Å²) in [4.78, 5) is 0. The van der Waals surface area contributed by atoms with E-state index in [0.717, 1.165) is 19.5 Å². The summed E-state index contributed by atoms with van der Waals surface area (Å²) in [5.41, 5.74) is 0. The first kappa shape index (κ1) is 13.9. The van der Waals surface area contributed by atoms with Crippen LogP contribution in [0.25, 0.3) is 0 Å². The third-order valence-corrected chi connectivity index (χ3v) is 3.95. The van der Waals surface area contributed by atoms with E-state index in [9.17, 15) is 0 Å². The van der Waals surface area contributed by atoms with Crippen LogP contribution in [0.3, 0.4) is 0 Å². The molecule has 1 N–H and O–H groups in total. The standard InChI is InChI=1S/C13H17Cl2NO2/c1-17-8-12(9-5-6-16-7-9)18-11-4-2-3-10(14)13(11)15/h2-4,9,12,16H,5-8H2,1H3/t9-,12+/m1/s1. The molecule has 1 saturated heterocycles. The van der Waals surface area contributed by atoms with Crippen molar-refractivity contribution in [1.82, 2.24) is 5.32 Å². The largest absolute Gasteiger partial charge is 0.486 e. The maximum Gasteiger partial charge on any atom is 0.139 e. The van der Waals surface area contributed by atoms with Crippen molar-refractivity contribution in [2.45, 2.75) is 12.5 Å². The van der Waals surface area contributed by atoms with Crippen molar-refractivity contribution in [2.24, 2.45) is 5.92 Å². The molecule has 1 aliphatic heterocycles. The van der Waals surface area contributed by atoms with Crippen LogP contribution in [0.15, 0.2) is 18.2 Å². The molecule has 0 aromatic heterocycles. The second kappa shape index (κ2) is 6.62. The van der Waals surface area contributed by atoms with E-state index in [1.54, 1.807) is 13.2 Å². The van der Waals surface area contributed by atoms with Gasteiger partial charge in [0.05, 0.1) is 11.6 Å². The van der Waals surface area contributed by atoms with Crippen LogP contribution < -0.4 is 10.1 Å². The molecule has 0 radical (unpaired) electrons. The monoisotopic (exact) mass is 289 g/mol. The third kappa shape index (κ3) is 3.29. The molecule has 0 aliphatic carbocycles. The van der Waals surface area contributed by atoms with Gasteiger partial charge in [-0.05, 0) is 25.1 Å². The highest BCUT2D eigenvalue weighted by molar-refractivity contribution is 6.42. The Bertz CT molecular complexity index is 395. The fourth-order valence-corrected chi connectivity index (χ4v) is 2.50. The van der Waals surface area contributed by atoms with Gasteiger partial charge in [0.15, 0.2) is 0 Å². The number of rotatable bonds is 5. The topological polar surface area (TPSA) is 30.5 Å². The first-order valence-electron chi connectivity index (χ1n) is 6.02. The third-order valence-electron chi connectivity index (χ3n) is 3.15. The summed E-state index contributed by atoms with van der Waals surface area (Å²) in [5.74, 6) is 1.07. The molecule has 1 heterocycles. The summed E-state index contributed by atoms with van der Waals surface area (Å²) in [6, 6.07) is 5.42. The van der Waals surface area contributed by atoms with Gasteiger partial charge in [-0.3, -0.25) is 0 Å². The van der Waals surface area contributed by atoms with Crippen LogP contribution in [0.5, 0.6) is 5.75 Å². The minimum absolute atomic E-state index is 0.000895. The molecule has 0 bridgehead atoms. The van der Waals surface area contributed by atoms with Crippen LogP contribution in [-0.2, 0) is 4.74 Å². The molecule has 0 amide bonds. The maximum atomic E-state index is 6.13. The first-order valence-corrected chi connectivity index (χ1v) is 6.78. The van der Waals surface area contributed by atoms with Crippen LogP contribution in [0.1, 0.15) is 6.42 Å². The molecule has 3 nitrogen and oxygen atoms in total. The van der Waals surface area contributed by atoms with Crippen molar-refractivity contribution in [3.8, 4) is 5.75 Å². The summed E-state index contributed by atoms with van der Waals surface area (Å²) >= 11 is 12.1. The van der Waals surface area contributed by atoms with Gasteiger partial charge in [-0.1, -0.05) is 29.3 Å². The molecule has 100 valence electrons. The molecule has 0 spiro atoms. The molecule has 0 saturated carbocycles. The van der Waals surface area contributed by atoms with Crippen LogP contribution in [-0.4, -0.2) is 32.9 Å². The molecule has 1 aromatic carbocycles. The van der Waals surface area contributed by atoms with Gasteiger partial charge in [-0.25, -0.2) is 0 Å². The van der Waals surface area contributed by atoms with Crippen molar-refractivity contribution in [3.63, 3.8) is 0 Å². The summed E-state index contributed by atoms with van der Waals surface area (Å²) in [6.07, 6.45) is 1.09. The van der Waals surface area contributed by atoms with Gasteiger partial charge >= 0.3 is 0 Å². The van der Waals surface area contributed by atoms with E-state index < -0.39 is 0 Å². The lowest BCUT2D eigenvalue weighted by Gasteiger charge is -2.24. The van der Waals surface area contributed by atoms with Gasteiger partial charge in [0, 0.05) is 19.6 Å². The normalized spacial score (nSPS) is 20.9. The van der Waals surface area contributed by atoms with E-state index in [4.69, 9.17) is 32.7 Å². The van der Waals surface area contributed by atoms with Crippen molar-refractivity contribution in [1.29, 1.82) is 0 Å². The number of hydrogen-bond acceptors (Lipinski definition) is 3. The second-order valence-electron chi connectivity index (χ2n) is 4.42. The SMILES string of the molecule is COC[C@H](Oc1cccc(Cl)c1Cl)[C@@H]1CCNC1. The van der Waals surface area contributed by atoms with E-state index in [1.165, 1.54) is 0 Å². The summed E-state index contributed by atoms with van der Waals surface area (Å²) in [7, 11) is 1.68. The highest BCUT2D eigenvalue weighted by Crippen LogP contribution is 2.33. The Morgan fingerprint density at radius 3 is 2.94 bits per heavy atom. The van der Waals surface area contributed by atoms with Gasteiger partial charge in [-0.15, -0.1) is 0 Å².